The fourth-order valence-corrected chi connectivity index (χ4v) is 3.46. The standard InChI is InChI=1S/C17H21Cl2N5/c1-12-3-2-8-24(11-12)16-10-21-23-17(22-16)20-7-6-13-4-5-14(18)9-15(13)19/h4-5,9-10,12H,2-3,6-8,11H2,1H3,(H,20,22,23). The molecule has 1 aliphatic rings. The maximum absolute atomic E-state index is 6.19. The second-order valence-electron chi connectivity index (χ2n) is 6.24. The van der Waals surface area contributed by atoms with E-state index in [0.717, 1.165) is 30.9 Å². The van der Waals surface area contributed by atoms with Crippen LogP contribution in [-0.4, -0.2) is 34.8 Å². The summed E-state index contributed by atoms with van der Waals surface area (Å²) in [7, 11) is 0. The van der Waals surface area contributed by atoms with E-state index < -0.39 is 0 Å². The summed E-state index contributed by atoms with van der Waals surface area (Å²) >= 11 is 12.1. The van der Waals surface area contributed by atoms with Crippen LogP contribution in [0.25, 0.3) is 0 Å². The van der Waals surface area contributed by atoms with Crippen molar-refractivity contribution in [3.05, 3.63) is 40.0 Å². The Morgan fingerprint density at radius 1 is 1.33 bits per heavy atom. The SMILES string of the molecule is CC1CCCN(c2cnnc(NCCc3ccc(Cl)cc3Cl)n2)C1. The highest BCUT2D eigenvalue weighted by Crippen LogP contribution is 2.22. The van der Waals surface area contributed by atoms with E-state index in [4.69, 9.17) is 23.2 Å². The maximum Gasteiger partial charge on any atom is 0.244 e. The number of halogens is 2. The number of anilines is 2. The fourth-order valence-electron chi connectivity index (χ4n) is 2.95. The smallest absolute Gasteiger partial charge is 0.244 e. The first-order valence-electron chi connectivity index (χ1n) is 8.24. The van der Waals surface area contributed by atoms with Gasteiger partial charge < -0.3 is 10.2 Å². The van der Waals surface area contributed by atoms with Crippen LogP contribution in [0.5, 0.6) is 0 Å². The van der Waals surface area contributed by atoms with Crippen molar-refractivity contribution in [1.82, 2.24) is 15.2 Å². The minimum absolute atomic E-state index is 0.552. The van der Waals surface area contributed by atoms with E-state index in [1.54, 1.807) is 12.3 Å². The third-order valence-corrected chi connectivity index (χ3v) is 4.81. The van der Waals surface area contributed by atoms with Crippen LogP contribution >= 0.6 is 23.2 Å². The lowest BCUT2D eigenvalue weighted by atomic mass is 10.0. The predicted molar refractivity (Wildman–Crippen MR) is 99.1 cm³/mol. The monoisotopic (exact) mass is 365 g/mol. The summed E-state index contributed by atoms with van der Waals surface area (Å²) in [6.45, 7) is 5.01. The van der Waals surface area contributed by atoms with Gasteiger partial charge in [0.1, 0.15) is 0 Å². The molecule has 0 aliphatic carbocycles. The molecule has 3 rings (SSSR count). The molecule has 1 saturated heterocycles. The Morgan fingerprint density at radius 2 is 2.21 bits per heavy atom. The molecule has 7 heteroatoms. The van der Waals surface area contributed by atoms with Gasteiger partial charge in [0.2, 0.25) is 5.95 Å². The van der Waals surface area contributed by atoms with Gasteiger partial charge in [0, 0.05) is 29.7 Å². The molecule has 1 fully saturated rings. The van der Waals surface area contributed by atoms with E-state index in [1.165, 1.54) is 12.8 Å². The van der Waals surface area contributed by atoms with E-state index in [9.17, 15) is 0 Å². The minimum Gasteiger partial charge on any atom is -0.355 e. The van der Waals surface area contributed by atoms with Crippen molar-refractivity contribution in [2.75, 3.05) is 29.9 Å². The van der Waals surface area contributed by atoms with Gasteiger partial charge in [-0.15, -0.1) is 5.10 Å². The molecule has 1 aromatic heterocycles. The second kappa shape index (κ2) is 7.99. The molecule has 2 heterocycles. The Morgan fingerprint density at radius 3 is 3.00 bits per heavy atom. The number of benzene rings is 1. The van der Waals surface area contributed by atoms with Crippen LogP contribution in [0.1, 0.15) is 25.3 Å². The predicted octanol–water partition coefficient (Wildman–Crippen LogP) is 4.07. The summed E-state index contributed by atoms with van der Waals surface area (Å²) in [6.07, 6.45) is 4.98. The third kappa shape index (κ3) is 4.48. The van der Waals surface area contributed by atoms with Crippen molar-refractivity contribution in [3.63, 3.8) is 0 Å². The molecule has 1 atom stereocenters. The van der Waals surface area contributed by atoms with Crippen LogP contribution in [0.15, 0.2) is 24.4 Å². The highest BCUT2D eigenvalue weighted by molar-refractivity contribution is 6.35. The largest absolute Gasteiger partial charge is 0.355 e. The molecule has 1 N–H and O–H groups in total. The van der Waals surface area contributed by atoms with Gasteiger partial charge >= 0.3 is 0 Å². The second-order valence-corrected chi connectivity index (χ2v) is 7.09. The quantitative estimate of drug-likeness (QED) is 0.865. The van der Waals surface area contributed by atoms with Crippen molar-refractivity contribution < 1.29 is 0 Å². The van der Waals surface area contributed by atoms with Crippen LogP contribution in [0.3, 0.4) is 0 Å². The summed E-state index contributed by atoms with van der Waals surface area (Å²) < 4.78 is 0. The molecule has 0 radical (unpaired) electrons. The van der Waals surface area contributed by atoms with Gasteiger partial charge in [0.25, 0.3) is 0 Å². The van der Waals surface area contributed by atoms with Crippen LogP contribution in [0.2, 0.25) is 10.0 Å². The number of hydrogen-bond donors (Lipinski definition) is 1. The van der Waals surface area contributed by atoms with Gasteiger partial charge in [0.15, 0.2) is 5.82 Å². The Balaban J connectivity index is 1.58. The lowest BCUT2D eigenvalue weighted by Crippen LogP contribution is -2.35. The van der Waals surface area contributed by atoms with Crippen molar-refractivity contribution >= 4 is 35.0 Å². The summed E-state index contributed by atoms with van der Waals surface area (Å²) in [5, 5.41) is 12.7. The molecule has 0 amide bonds. The zero-order valence-corrected chi connectivity index (χ0v) is 15.2. The molecule has 128 valence electrons. The van der Waals surface area contributed by atoms with E-state index in [2.05, 4.69) is 32.3 Å². The number of hydrogen-bond acceptors (Lipinski definition) is 5. The lowest BCUT2D eigenvalue weighted by Gasteiger charge is -2.31. The molecule has 5 nitrogen and oxygen atoms in total. The van der Waals surface area contributed by atoms with Crippen LogP contribution < -0.4 is 10.2 Å². The van der Waals surface area contributed by atoms with Crippen molar-refractivity contribution in [3.8, 4) is 0 Å². The normalized spacial score (nSPS) is 17.8. The number of nitrogens with zero attached hydrogens (tertiary/aromatic N) is 4. The Bertz CT molecular complexity index is 694. The Hall–Kier alpha value is -1.59. The highest BCUT2D eigenvalue weighted by Gasteiger charge is 2.18. The molecule has 1 aliphatic heterocycles. The Labute approximate surface area is 152 Å². The van der Waals surface area contributed by atoms with Gasteiger partial charge in [0.05, 0.1) is 6.20 Å². The first-order valence-corrected chi connectivity index (χ1v) is 9.00. The maximum atomic E-state index is 6.19. The molecule has 0 saturated carbocycles. The average molecular weight is 366 g/mol. The molecule has 24 heavy (non-hydrogen) atoms. The van der Waals surface area contributed by atoms with Gasteiger partial charge in [-0.05, 0) is 42.9 Å². The lowest BCUT2D eigenvalue weighted by molar-refractivity contribution is 0.444. The first kappa shape index (κ1) is 17.2. The van der Waals surface area contributed by atoms with Gasteiger partial charge in [-0.25, -0.2) is 0 Å². The Kier molecular flexibility index (Phi) is 5.74. The summed E-state index contributed by atoms with van der Waals surface area (Å²) in [5.74, 6) is 2.14. The highest BCUT2D eigenvalue weighted by atomic mass is 35.5. The fraction of sp³-hybridized carbons (Fsp3) is 0.471. The molecular formula is C17H21Cl2N5. The average Bonchev–Trinajstić information content (AvgIpc) is 2.57. The third-order valence-electron chi connectivity index (χ3n) is 4.22. The summed E-state index contributed by atoms with van der Waals surface area (Å²) in [5.41, 5.74) is 1.04. The van der Waals surface area contributed by atoms with Gasteiger partial charge in [-0.2, -0.15) is 10.1 Å². The van der Waals surface area contributed by atoms with Crippen LogP contribution in [-0.2, 0) is 6.42 Å². The van der Waals surface area contributed by atoms with Crippen molar-refractivity contribution in [2.24, 2.45) is 5.92 Å². The van der Waals surface area contributed by atoms with Crippen LogP contribution in [0, 0.1) is 5.92 Å². The van der Waals surface area contributed by atoms with E-state index in [-0.39, 0.29) is 0 Å². The molecule has 2 aromatic rings. The number of rotatable bonds is 5. The zero-order valence-electron chi connectivity index (χ0n) is 13.7. The van der Waals surface area contributed by atoms with Gasteiger partial charge in [-0.3, -0.25) is 0 Å². The summed E-state index contributed by atoms with van der Waals surface area (Å²) in [4.78, 5) is 6.87. The number of nitrogens with one attached hydrogen (secondary N) is 1. The first-order chi connectivity index (χ1) is 11.6. The minimum atomic E-state index is 0.552. The van der Waals surface area contributed by atoms with Gasteiger partial charge in [-0.1, -0.05) is 36.2 Å². The van der Waals surface area contributed by atoms with Crippen LogP contribution in [0.4, 0.5) is 11.8 Å². The topological polar surface area (TPSA) is 53.9 Å². The molecule has 1 unspecified atom stereocenters. The molecule has 0 bridgehead atoms. The summed E-state index contributed by atoms with van der Waals surface area (Å²) in [6, 6.07) is 5.55. The molecule has 1 aromatic carbocycles. The van der Waals surface area contributed by atoms with E-state index >= 15 is 0 Å². The van der Waals surface area contributed by atoms with E-state index in [0.29, 0.717) is 28.5 Å². The van der Waals surface area contributed by atoms with E-state index in [1.807, 2.05) is 12.1 Å². The molecule has 0 spiro atoms. The zero-order chi connectivity index (χ0) is 16.9. The van der Waals surface area contributed by atoms with Crippen molar-refractivity contribution in [1.29, 1.82) is 0 Å². The number of piperidine rings is 1. The van der Waals surface area contributed by atoms with Crippen molar-refractivity contribution in [2.45, 2.75) is 26.2 Å². The number of aromatic nitrogens is 3. The molecular weight excluding hydrogens is 345 g/mol.